The van der Waals surface area contributed by atoms with E-state index in [0.717, 1.165) is 13.2 Å². The first-order chi connectivity index (χ1) is 16.6. The van der Waals surface area contributed by atoms with Gasteiger partial charge in [-0.1, -0.05) is 118 Å². The summed E-state index contributed by atoms with van der Waals surface area (Å²) in [5.41, 5.74) is 9.17. The Labute approximate surface area is 218 Å². The molecular formula is C34H54O. The molecule has 2 rings (SSSR count). The molecule has 2 atom stereocenters. The molecule has 0 aliphatic rings. The second kappa shape index (κ2) is 14.2. The summed E-state index contributed by atoms with van der Waals surface area (Å²) in [6.07, 6.45) is 4.73. The molecule has 0 N–H and O–H groups in total. The Balaban J connectivity index is 2.37. The number of rotatable bonds is 14. The van der Waals surface area contributed by atoms with Crippen LogP contribution in [0, 0.1) is 0 Å². The molecule has 1 heteroatoms. The van der Waals surface area contributed by atoms with Gasteiger partial charge in [-0.15, -0.1) is 0 Å². The fraction of sp³-hybridized carbons (Fsp3) is 0.647. The van der Waals surface area contributed by atoms with Crippen molar-refractivity contribution in [2.24, 2.45) is 0 Å². The lowest BCUT2D eigenvalue weighted by Gasteiger charge is -2.29. The minimum atomic E-state index is 0.461. The third kappa shape index (κ3) is 7.69. The topological polar surface area (TPSA) is 9.23 Å². The van der Waals surface area contributed by atoms with E-state index in [4.69, 9.17) is 4.74 Å². The first kappa shape index (κ1) is 29.6. The maximum atomic E-state index is 6.71. The van der Waals surface area contributed by atoms with Gasteiger partial charge < -0.3 is 4.74 Å². The summed E-state index contributed by atoms with van der Waals surface area (Å²) in [4.78, 5) is 0. The van der Waals surface area contributed by atoms with Crippen LogP contribution in [0.5, 0.6) is 0 Å². The van der Waals surface area contributed by atoms with E-state index in [0.29, 0.717) is 35.5 Å². The highest BCUT2D eigenvalue weighted by molar-refractivity contribution is 5.43. The van der Waals surface area contributed by atoms with Gasteiger partial charge in [-0.05, 0) is 69.9 Å². The lowest BCUT2D eigenvalue weighted by Crippen LogP contribution is -2.19. The Morgan fingerprint density at radius 1 is 0.514 bits per heavy atom. The van der Waals surface area contributed by atoms with Gasteiger partial charge in [-0.2, -0.15) is 0 Å². The molecule has 2 aromatic rings. The molecule has 2 aromatic carbocycles. The molecule has 0 heterocycles. The molecule has 0 amide bonds. The summed E-state index contributed by atoms with van der Waals surface area (Å²) in [5.74, 6) is 3.04. The number of hydrogen-bond donors (Lipinski definition) is 0. The van der Waals surface area contributed by atoms with Gasteiger partial charge in [0.15, 0.2) is 0 Å². The molecule has 0 saturated carbocycles. The van der Waals surface area contributed by atoms with Gasteiger partial charge in [0.25, 0.3) is 0 Å². The minimum absolute atomic E-state index is 0.461. The van der Waals surface area contributed by atoms with Gasteiger partial charge in [0.2, 0.25) is 0 Å². The molecule has 0 radical (unpaired) electrons. The number of hydrogen-bond acceptors (Lipinski definition) is 1. The molecule has 0 bridgehead atoms. The summed E-state index contributed by atoms with van der Waals surface area (Å²) in [5, 5.41) is 0. The van der Waals surface area contributed by atoms with Crippen molar-refractivity contribution in [1.82, 2.24) is 0 Å². The van der Waals surface area contributed by atoms with Gasteiger partial charge in [-0.3, -0.25) is 0 Å². The standard InChI is InChI=1S/C34H54O/c1-11-15-27(33-29(23(3)4)17-13-18-30(33)24(5)6)21-35-22-28(16-12-2)34-31(25(7)8)19-14-20-32(34)26(9)10/h13-14,17-20,23-28H,11-12,15-16,21-22H2,1-10H3. The van der Waals surface area contributed by atoms with E-state index in [2.05, 4.69) is 106 Å². The third-order valence-electron chi connectivity index (χ3n) is 7.56. The van der Waals surface area contributed by atoms with Crippen molar-refractivity contribution < 1.29 is 4.74 Å². The predicted octanol–water partition coefficient (Wildman–Crippen LogP) is 10.7. The molecule has 0 aromatic heterocycles. The van der Waals surface area contributed by atoms with Crippen LogP contribution in [-0.4, -0.2) is 13.2 Å². The zero-order chi connectivity index (χ0) is 26.1. The van der Waals surface area contributed by atoms with Gasteiger partial charge in [0.1, 0.15) is 0 Å². The largest absolute Gasteiger partial charge is 0.380 e. The minimum Gasteiger partial charge on any atom is -0.380 e. The smallest absolute Gasteiger partial charge is 0.0535 e. The third-order valence-corrected chi connectivity index (χ3v) is 7.56. The highest BCUT2D eigenvalue weighted by Crippen LogP contribution is 2.38. The maximum Gasteiger partial charge on any atom is 0.0535 e. The summed E-state index contributed by atoms with van der Waals surface area (Å²) >= 11 is 0. The predicted molar refractivity (Wildman–Crippen MR) is 155 cm³/mol. The van der Waals surface area contributed by atoms with Gasteiger partial charge in [-0.25, -0.2) is 0 Å². The Kier molecular flexibility index (Phi) is 12.0. The highest BCUT2D eigenvalue weighted by atomic mass is 16.5. The fourth-order valence-electron chi connectivity index (χ4n) is 5.83. The average molecular weight is 479 g/mol. The van der Waals surface area contributed by atoms with E-state index in [1.165, 1.54) is 47.9 Å². The molecule has 35 heavy (non-hydrogen) atoms. The van der Waals surface area contributed by atoms with E-state index in [1.54, 1.807) is 11.1 Å². The van der Waals surface area contributed by atoms with Gasteiger partial charge in [0, 0.05) is 11.8 Å². The van der Waals surface area contributed by atoms with Crippen molar-refractivity contribution in [3.05, 3.63) is 69.8 Å². The van der Waals surface area contributed by atoms with E-state index in [1.807, 2.05) is 0 Å². The number of benzene rings is 2. The SMILES string of the molecule is CCCC(COCC(CCC)c1c(C(C)C)cccc1C(C)C)c1c(C(C)C)cccc1C(C)C. The van der Waals surface area contributed by atoms with E-state index in [-0.39, 0.29) is 0 Å². The van der Waals surface area contributed by atoms with Crippen LogP contribution in [0.2, 0.25) is 0 Å². The fourth-order valence-corrected chi connectivity index (χ4v) is 5.83. The molecule has 1 nitrogen and oxygen atoms in total. The summed E-state index contributed by atoms with van der Waals surface area (Å²) < 4.78 is 6.71. The second-order valence-electron chi connectivity index (χ2n) is 11.8. The molecule has 0 aliphatic carbocycles. The Morgan fingerprint density at radius 2 is 0.800 bits per heavy atom. The van der Waals surface area contributed by atoms with Crippen molar-refractivity contribution in [2.75, 3.05) is 13.2 Å². The summed E-state index contributed by atoms with van der Waals surface area (Å²) in [6, 6.07) is 13.9. The van der Waals surface area contributed by atoms with Crippen LogP contribution in [0.1, 0.15) is 164 Å². The van der Waals surface area contributed by atoms with Crippen LogP contribution < -0.4 is 0 Å². The zero-order valence-corrected chi connectivity index (χ0v) is 24.6. The lowest BCUT2D eigenvalue weighted by molar-refractivity contribution is 0.101. The van der Waals surface area contributed by atoms with Crippen LogP contribution in [0.3, 0.4) is 0 Å². The van der Waals surface area contributed by atoms with E-state index < -0.39 is 0 Å². The monoisotopic (exact) mass is 478 g/mol. The van der Waals surface area contributed by atoms with Gasteiger partial charge in [0.05, 0.1) is 13.2 Å². The van der Waals surface area contributed by atoms with Crippen LogP contribution >= 0.6 is 0 Å². The van der Waals surface area contributed by atoms with Crippen LogP contribution in [0.15, 0.2) is 36.4 Å². The quantitative estimate of drug-likeness (QED) is 0.262. The molecule has 0 spiro atoms. The molecule has 0 fully saturated rings. The van der Waals surface area contributed by atoms with Gasteiger partial charge >= 0.3 is 0 Å². The summed E-state index contributed by atoms with van der Waals surface area (Å²) in [7, 11) is 0. The Morgan fingerprint density at radius 3 is 1.03 bits per heavy atom. The van der Waals surface area contributed by atoms with Crippen molar-refractivity contribution in [2.45, 2.75) is 130 Å². The molecule has 2 unspecified atom stereocenters. The van der Waals surface area contributed by atoms with Crippen LogP contribution in [0.25, 0.3) is 0 Å². The molecule has 196 valence electrons. The molecule has 0 aliphatic heterocycles. The maximum absolute atomic E-state index is 6.71. The average Bonchev–Trinajstić information content (AvgIpc) is 2.81. The molecular weight excluding hydrogens is 424 g/mol. The van der Waals surface area contributed by atoms with E-state index >= 15 is 0 Å². The first-order valence-electron chi connectivity index (χ1n) is 14.5. The normalized spacial score (nSPS) is 13.9. The van der Waals surface area contributed by atoms with Crippen molar-refractivity contribution >= 4 is 0 Å². The number of ether oxygens (including phenoxy) is 1. The molecule has 0 saturated heterocycles. The first-order valence-corrected chi connectivity index (χ1v) is 14.5. The Hall–Kier alpha value is -1.60. The zero-order valence-electron chi connectivity index (χ0n) is 24.6. The second-order valence-corrected chi connectivity index (χ2v) is 11.8. The lowest BCUT2D eigenvalue weighted by atomic mass is 9.80. The Bertz CT molecular complexity index is 763. The van der Waals surface area contributed by atoms with Crippen molar-refractivity contribution in [3.63, 3.8) is 0 Å². The van der Waals surface area contributed by atoms with Crippen LogP contribution in [0.4, 0.5) is 0 Å². The van der Waals surface area contributed by atoms with E-state index in [9.17, 15) is 0 Å². The summed E-state index contributed by atoms with van der Waals surface area (Å²) in [6.45, 7) is 24.9. The van der Waals surface area contributed by atoms with Crippen molar-refractivity contribution in [1.29, 1.82) is 0 Å². The van der Waals surface area contributed by atoms with Crippen molar-refractivity contribution in [3.8, 4) is 0 Å². The highest BCUT2D eigenvalue weighted by Gasteiger charge is 2.25. The van der Waals surface area contributed by atoms with Crippen LogP contribution in [-0.2, 0) is 4.74 Å².